The maximum absolute atomic E-state index is 11.1. The largest absolute Gasteiger partial charge is 0.394 e. The van der Waals surface area contributed by atoms with E-state index in [-0.39, 0.29) is 11.2 Å². The van der Waals surface area contributed by atoms with Gasteiger partial charge in [-0.05, 0) is 18.2 Å². The number of pyridine rings is 1. The Morgan fingerprint density at radius 3 is 2.85 bits per heavy atom. The highest BCUT2D eigenvalue weighted by molar-refractivity contribution is 6.31. The summed E-state index contributed by atoms with van der Waals surface area (Å²) in [7, 11) is 0. The average Bonchev–Trinajstić information content (AvgIpc) is 2.08. The number of rotatable bonds is 0. The van der Waals surface area contributed by atoms with Crippen molar-refractivity contribution in [2.75, 3.05) is 5.73 Å². The monoisotopic (exact) mass is 194 g/mol. The van der Waals surface area contributed by atoms with Crippen LogP contribution in [0.3, 0.4) is 0 Å². The molecule has 3 nitrogen and oxygen atoms in total. The lowest BCUT2D eigenvalue weighted by Crippen LogP contribution is -2.10. The lowest BCUT2D eigenvalue weighted by molar-refractivity contribution is 1.31. The number of fused-ring (bicyclic) bond motifs is 1. The highest BCUT2D eigenvalue weighted by atomic mass is 35.5. The fraction of sp³-hybridized carbons (Fsp3) is 0. The molecule has 3 N–H and O–H groups in total. The van der Waals surface area contributed by atoms with Crippen LogP contribution in [-0.4, -0.2) is 4.98 Å². The zero-order valence-corrected chi connectivity index (χ0v) is 7.43. The first-order valence-electron chi connectivity index (χ1n) is 3.75. The zero-order valence-electron chi connectivity index (χ0n) is 6.67. The molecule has 0 atom stereocenters. The molecule has 4 heteroatoms. The number of hydrogen-bond acceptors (Lipinski definition) is 2. The third kappa shape index (κ3) is 1.38. The molecule has 0 amide bonds. The summed E-state index contributed by atoms with van der Waals surface area (Å²) < 4.78 is 0. The van der Waals surface area contributed by atoms with E-state index in [1.54, 1.807) is 18.2 Å². The molecule has 1 aromatic heterocycles. The van der Waals surface area contributed by atoms with Crippen LogP contribution >= 0.6 is 11.6 Å². The van der Waals surface area contributed by atoms with Gasteiger partial charge in [-0.2, -0.15) is 0 Å². The molecular weight excluding hydrogens is 188 g/mol. The number of benzene rings is 1. The summed E-state index contributed by atoms with van der Waals surface area (Å²) >= 11 is 5.76. The predicted octanol–water partition coefficient (Wildman–Crippen LogP) is 1.76. The Kier molecular flexibility index (Phi) is 1.74. The molecule has 2 aromatic rings. The minimum absolute atomic E-state index is 0.217. The van der Waals surface area contributed by atoms with Gasteiger partial charge in [0.2, 0.25) is 0 Å². The Morgan fingerprint density at radius 1 is 1.31 bits per heavy atom. The lowest BCUT2D eigenvalue weighted by atomic mass is 10.2. The van der Waals surface area contributed by atoms with E-state index in [0.29, 0.717) is 10.5 Å². The second-order valence-electron chi connectivity index (χ2n) is 2.79. The van der Waals surface area contributed by atoms with E-state index in [9.17, 15) is 4.79 Å². The van der Waals surface area contributed by atoms with E-state index in [0.717, 1.165) is 5.39 Å². The Morgan fingerprint density at radius 2 is 2.08 bits per heavy atom. The van der Waals surface area contributed by atoms with Crippen molar-refractivity contribution in [2.24, 2.45) is 0 Å². The van der Waals surface area contributed by atoms with Crippen LogP contribution in [0.1, 0.15) is 0 Å². The Hall–Kier alpha value is -1.48. The van der Waals surface area contributed by atoms with E-state index < -0.39 is 0 Å². The van der Waals surface area contributed by atoms with Crippen molar-refractivity contribution in [3.8, 4) is 0 Å². The third-order valence-electron chi connectivity index (χ3n) is 1.84. The van der Waals surface area contributed by atoms with Gasteiger partial charge in [0, 0.05) is 15.9 Å². The molecular formula is C9H7ClN2O. The number of halogens is 1. The number of aromatic nitrogens is 1. The van der Waals surface area contributed by atoms with Gasteiger partial charge in [0.25, 0.3) is 5.56 Å². The fourth-order valence-corrected chi connectivity index (χ4v) is 1.36. The number of H-pyrrole nitrogens is 1. The van der Waals surface area contributed by atoms with Crippen LogP contribution in [0.5, 0.6) is 0 Å². The highest BCUT2D eigenvalue weighted by Crippen LogP contribution is 2.17. The Labute approximate surface area is 79.1 Å². The van der Waals surface area contributed by atoms with Gasteiger partial charge in [-0.15, -0.1) is 0 Å². The highest BCUT2D eigenvalue weighted by Gasteiger charge is 1.98. The van der Waals surface area contributed by atoms with Crippen molar-refractivity contribution < 1.29 is 0 Å². The van der Waals surface area contributed by atoms with Crippen molar-refractivity contribution >= 4 is 28.2 Å². The predicted molar refractivity (Wildman–Crippen MR) is 54.0 cm³/mol. The van der Waals surface area contributed by atoms with Gasteiger partial charge < -0.3 is 10.7 Å². The average molecular weight is 195 g/mol. The third-order valence-corrected chi connectivity index (χ3v) is 2.07. The molecule has 2 rings (SSSR count). The Balaban J connectivity index is 2.89. The topological polar surface area (TPSA) is 58.9 Å². The van der Waals surface area contributed by atoms with Crippen molar-refractivity contribution in [1.29, 1.82) is 0 Å². The summed E-state index contributed by atoms with van der Waals surface area (Å²) in [5.74, 6) is 0. The molecule has 0 aliphatic carbocycles. The molecule has 0 fully saturated rings. The molecule has 0 bridgehead atoms. The van der Waals surface area contributed by atoms with E-state index in [4.69, 9.17) is 17.3 Å². The van der Waals surface area contributed by atoms with Crippen LogP contribution in [0.2, 0.25) is 5.02 Å². The summed E-state index contributed by atoms with van der Waals surface area (Å²) in [5.41, 5.74) is 6.08. The van der Waals surface area contributed by atoms with Crippen molar-refractivity contribution in [3.63, 3.8) is 0 Å². The number of nitrogens with two attached hydrogens (primary N) is 1. The van der Waals surface area contributed by atoms with E-state index >= 15 is 0 Å². The molecule has 0 radical (unpaired) electrons. The second kappa shape index (κ2) is 2.78. The summed E-state index contributed by atoms with van der Waals surface area (Å²) in [6, 6.07) is 6.88. The first kappa shape index (κ1) is 8.13. The second-order valence-corrected chi connectivity index (χ2v) is 3.22. The molecule has 66 valence electrons. The van der Waals surface area contributed by atoms with Crippen LogP contribution in [0.4, 0.5) is 5.69 Å². The summed E-state index contributed by atoms with van der Waals surface area (Å²) in [6.45, 7) is 0. The first-order valence-corrected chi connectivity index (χ1v) is 4.13. The minimum Gasteiger partial charge on any atom is -0.394 e. The number of anilines is 1. The molecule has 0 spiro atoms. The SMILES string of the molecule is Nc1cc2ccc(Cl)cc2[nH]c1=O. The Bertz CT molecular complexity index is 518. The molecule has 0 saturated carbocycles. The summed E-state index contributed by atoms with van der Waals surface area (Å²) in [4.78, 5) is 13.8. The number of nitrogens with one attached hydrogen (secondary N) is 1. The molecule has 13 heavy (non-hydrogen) atoms. The van der Waals surface area contributed by atoms with E-state index in [2.05, 4.69) is 4.98 Å². The van der Waals surface area contributed by atoms with Crippen LogP contribution < -0.4 is 11.3 Å². The van der Waals surface area contributed by atoms with Gasteiger partial charge in [-0.3, -0.25) is 4.79 Å². The van der Waals surface area contributed by atoms with Gasteiger partial charge in [0.05, 0.1) is 5.69 Å². The molecule has 0 aliphatic heterocycles. The zero-order chi connectivity index (χ0) is 9.42. The molecule has 0 saturated heterocycles. The van der Waals surface area contributed by atoms with Crippen LogP contribution in [0, 0.1) is 0 Å². The van der Waals surface area contributed by atoms with Gasteiger partial charge in [-0.25, -0.2) is 0 Å². The molecule has 0 aliphatic rings. The standard InChI is InChI=1S/C9H7ClN2O/c10-6-2-1-5-3-7(11)9(13)12-8(5)4-6/h1-4H,11H2,(H,12,13). The maximum atomic E-state index is 11.1. The van der Waals surface area contributed by atoms with Crippen molar-refractivity contribution in [1.82, 2.24) is 4.98 Å². The van der Waals surface area contributed by atoms with Gasteiger partial charge in [0.1, 0.15) is 0 Å². The summed E-state index contributed by atoms with van der Waals surface area (Å²) in [5, 5.41) is 1.47. The smallest absolute Gasteiger partial charge is 0.271 e. The van der Waals surface area contributed by atoms with Crippen molar-refractivity contribution in [3.05, 3.63) is 39.6 Å². The van der Waals surface area contributed by atoms with Gasteiger partial charge in [-0.1, -0.05) is 17.7 Å². The molecule has 1 aromatic carbocycles. The number of nitrogen functional groups attached to an aromatic ring is 1. The normalized spacial score (nSPS) is 10.5. The summed E-state index contributed by atoms with van der Waals surface area (Å²) in [6.07, 6.45) is 0. The van der Waals surface area contributed by atoms with Crippen LogP contribution in [0.25, 0.3) is 10.9 Å². The number of hydrogen-bond donors (Lipinski definition) is 2. The van der Waals surface area contributed by atoms with Crippen molar-refractivity contribution in [2.45, 2.75) is 0 Å². The van der Waals surface area contributed by atoms with E-state index in [1.807, 2.05) is 6.07 Å². The quantitative estimate of drug-likeness (QED) is 0.672. The first-order chi connectivity index (χ1) is 6.16. The minimum atomic E-state index is -0.283. The van der Waals surface area contributed by atoms with Crippen LogP contribution in [-0.2, 0) is 0 Å². The van der Waals surface area contributed by atoms with E-state index in [1.165, 1.54) is 0 Å². The van der Waals surface area contributed by atoms with Crippen LogP contribution in [0.15, 0.2) is 29.1 Å². The maximum Gasteiger partial charge on any atom is 0.271 e. The van der Waals surface area contributed by atoms with Gasteiger partial charge in [0.15, 0.2) is 0 Å². The van der Waals surface area contributed by atoms with Gasteiger partial charge >= 0.3 is 0 Å². The lowest BCUT2D eigenvalue weighted by Gasteiger charge is -1.98. The fourth-order valence-electron chi connectivity index (χ4n) is 1.19. The molecule has 1 heterocycles. The molecule has 0 unspecified atom stereocenters. The number of aromatic amines is 1.